The molecule has 0 aliphatic carbocycles. The Morgan fingerprint density at radius 1 is 0.857 bits per heavy atom. The van der Waals surface area contributed by atoms with Gasteiger partial charge in [0.15, 0.2) is 0 Å². The number of nitrogens with one attached hydrogen (secondary N) is 1. The first kappa shape index (κ1) is 18.7. The summed E-state index contributed by atoms with van der Waals surface area (Å²) in [5.74, 6) is 0. The number of hydrogen-bond donors (Lipinski definition) is 1. The van der Waals surface area contributed by atoms with Crippen LogP contribution in [0, 0.1) is 6.92 Å². The molecule has 4 nitrogen and oxygen atoms in total. The van der Waals surface area contributed by atoms with Crippen LogP contribution < -0.4 is 9.51 Å². The van der Waals surface area contributed by atoms with Crippen LogP contribution in [0.1, 0.15) is 5.56 Å². The van der Waals surface area contributed by atoms with Crippen molar-refractivity contribution in [3.8, 4) is 11.3 Å². The summed E-state index contributed by atoms with van der Waals surface area (Å²) in [5.41, 5.74) is 2.63. The lowest BCUT2D eigenvalue weighted by atomic mass is 10.1. The van der Waals surface area contributed by atoms with Gasteiger partial charge in [0.2, 0.25) is 6.20 Å². The minimum Gasteiger partial charge on any atom is -0.197 e. The van der Waals surface area contributed by atoms with E-state index < -0.39 is 10.0 Å². The SMILES string of the molecule is Cc1ccc(S(=O)(=O)N[n+]2cc3ccccc3c(Br)c2-c2ccccc2)cc1. The van der Waals surface area contributed by atoms with E-state index in [0.29, 0.717) is 0 Å². The molecule has 0 atom stereocenters. The van der Waals surface area contributed by atoms with Crippen molar-refractivity contribution in [2.45, 2.75) is 11.8 Å². The van der Waals surface area contributed by atoms with Gasteiger partial charge in [0.05, 0.1) is 10.5 Å². The highest BCUT2D eigenvalue weighted by Crippen LogP contribution is 2.31. The topological polar surface area (TPSA) is 50.1 Å². The Morgan fingerprint density at radius 3 is 2.21 bits per heavy atom. The molecule has 28 heavy (non-hydrogen) atoms. The van der Waals surface area contributed by atoms with Crippen molar-refractivity contribution < 1.29 is 13.1 Å². The van der Waals surface area contributed by atoms with Crippen molar-refractivity contribution in [2.75, 3.05) is 4.83 Å². The molecular formula is C22H18BrN2O2S+. The first-order chi connectivity index (χ1) is 13.5. The van der Waals surface area contributed by atoms with Crippen LogP contribution in [0.4, 0.5) is 0 Å². The van der Waals surface area contributed by atoms with Gasteiger partial charge in [0.25, 0.3) is 5.69 Å². The summed E-state index contributed by atoms with van der Waals surface area (Å²) in [6.45, 7) is 1.92. The van der Waals surface area contributed by atoms with E-state index in [0.717, 1.165) is 32.1 Å². The van der Waals surface area contributed by atoms with E-state index in [1.807, 2.05) is 61.5 Å². The van der Waals surface area contributed by atoms with Crippen LogP contribution in [0.3, 0.4) is 0 Å². The van der Waals surface area contributed by atoms with E-state index in [2.05, 4.69) is 20.8 Å². The van der Waals surface area contributed by atoms with Gasteiger partial charge in [-0.1, -0.05) is 63.6 Å². The second-order valence-electron chi connectivity index (χ2n) is 6.52. The van der Waals surface area contributed by atoms with Crippen molar-refractivity contribution in [2.24, 2.45) is 0 Å². The Hall–Kier alpha value is -2.70. The molecule has 1 aromatic heterocycles. The third-order valence-corrected chi connectivity index (χ3v) is 6.64. The van der Waals surface area contributed by atoms with Crippen LogP contribution in [0.2, 0.25) is 0 Å². The third kappa shape index (κ3) is 3.53. The normalized spacial score (nSPS) is 11.5. The van der Waals surface area contributed by atoms with Crippen LogP contribution in [0.15, 0.2) is 94.4 Å². The number of halogens is 1. The zero-order valence-electron chi connectivity index (χ0n) is 15.1. The van der Waals surface area contributed by atoms with Gasteiger partial charge in [-0.2, -0.15) is 8.42 Å². The molecule has 0 saturated heterocycles. The van der Waals surface area contributed by atoms with E-state index in [4.69, 9.17) is 0 Å². The Labute approximate surface area is 172 Å². The second kappa shape index (κ2) is 7.37. The number of benzene rings is 3. The van der Waals surface area contributed by atoms with Gasteiger partial charge < -0.3 is 0 Å². The molecule has 3 aromatic carbocycles. The maximum absolute atomic E-state index is 13.0. The summed E-state index contributed by atoms with van der Waals surface area (Å²) in [6, 6.07) is 24.3. The number of sulfonamides is 1. The van der Waals surface area contributed by atoms with Crippen LogP contribution in [-0.4, -0.2) is 8.42 Å². The Morgan fingerprint density at radius 2 is 1.50 bits per heavy atom. The van der Waals surface area contributed by atoms with E-state index in [-0.39, 0.29) is 4.90 Å². The van der Waals surface area contributed by atoms with E-state index in [9.17, 15) is 8.42 Å². The Balaban J connectivity index is 1.91. The molecule has 0 aliphatic rings. The summed E-state index contributed by atoms with van der Waals surface area (Å²) in [6.07, 6.45) is 1.80. The number of fused-ring (bicyclic) bond motifs is 1. The van der Waals surface area contributed by atoms with Crippen LogP contribution in [0.5, 0.6) is 0 Å². The molecule has 0 bridgehead atoms. The number of aromatic nitrogens is 1. The lowest BCUT2D eigenvalue weighted by molar-refractivity contribution is -0.624. The number of rotatable bonds is 4. The lowest BCUT2D eigenvalue weighted by Gasteiger charge is -2.10. The molecule has 4 rings (SSSR count). The molecule has 0 radical (unpaired) electrons. The average molecular weight is 454 g/mol. The van der Waals surface area contributed by atoms with Gasteiger partial charge in [0.1, 0.15) is 4.47 Å². The average Bonchev–Trinajstić information content (AvgIpc) is 2.69. The molecule has 1 heterocycles. The number of nitrogens with zero attached hydrogens (tertiary/aromatic N) is 1. The monoisotopic (exact) mass is 453 g/mol. The van der Waals surface area contributed by atoms with E-state index in [1.165, 1.54) is 0 Å². The Bertz CT molecular complexity index is 1260. The van der Waals surface area contributed by atoms with Gasteiger partial charge in [-0.05, 0) is 53.2 Å². The highest BCUT2D eigenvalue weighted by atomic mass is 79.9. The van der Waals surface area contributed by atoms with Gasteiger partial charge >= 0.3 is 10.0 Å². The fourth-order valence-corrected chi connectivity index (χ4v) is 4.86. The molecule has 6 heteroatoms. The first-order valence-electron chi connectivity index (χ1n) is 8.73. The highest BCUT2D eigenvalue weighted by Gasteiger charge is 2.26. The quantitative estimate of drug-likeness (QED) is 0.451. The maximum atomic E-state index is 13.0. The van der Waals surface area contributed by atoms with Crippen molar-refractivity contribution in [1.82, 2.24) is 0 Å². The zero-order valence-corrected chi connectivity index (χ0v) is 17.5. The maximum Gasteiger partial charge on any atom is 0.306 e. The smallest absolute Gasteiger partial charge is 0.197 e. The van der Waals surface area contributed by atoms with E-state index >= 15 is 0 Å². The predicted molar refractivity (Wildman–Crippen MR) is 115 cm³/mol. The predicted octanol–water partition coefficient (Wildman–Crippen LogP) is 4.80. The summed E-state index contributed by atoms with van der Waals surface area (Å²) in [5, 5.41) is 1.92. The summed E-state index contributed by atoms with van der Waals surface area (Å²) >= 11 is 3.69. The van der Waals surface area contributed by atoms with Crippen LogP contribution in [0.25, 0.3) is 22.0 Å². The largest absolute Gasteiger partial charge is 0.306 e. The molecule has 140 valence electrons. The van der Waals surface area contributed by atoms with Gasteiger partial charge in [-0.25, -0.2) is 0 Å². The minimum atomic E-state index is -3.75. The van der Waals surface area contributed by atoms with Gasteiger partial charge in [-0.15, -0.1) is 0 Å². The molecule has 0 spiro atoms. The second-order valence-corrected chi connectivity index (χ2v) is 8.98. The molecule has 0 amide bonds. The van der Waals surface area contributed by atoms with Gasteiger partial charge in [-0.3, -0.25) is 0 Å². The molecular weight excluding hydrogens is 436 g/mol. The molecule has 0 unspecified atom stereocenters. The molecule has 0 aliphatic heterocycles. The van der Waals surface area contributed by atoms with Crippen LogP contribution in [-0.2, 0) is 10.0 Å². The summed E-state index contributed by atoms with van der Waals surface area (Å²) in [7, 11) is -3.75. The third-order valence-electron chi connectivity index (χ3n) is 4.51. The zero-order chi connectivity index (χ0) is 19.7. The number of pyridine rings is 1. The number of hydrogen-bond acceptors (Lipinski definition) is 2. The van der Waals surface area contributed by atoms with Crippen molar-refractivity contribution in [3.63, 3.8) is 0 Å². The fraction of sp³-hybridized carbons (Fsp3) is 0.0455. The highest BCUT2D eigenvalue weighted by molar-refractivity contribution is 9.10. The first-order valence-corrected chi connectivity index (χ1v) is 11.0. The van der Waals surface area contributed by atoms with Crippen molar-refractivity contribution >= 4 is 36.7 Å². The van der Waals surface area contributed by atoms with E-state index in [1.54, 1.807) is 35.1 Å². The van der Waals surface area contributed by atoms with Crippen LogP contribution >= 0.6 is 15.9 Å². The summed E-state index contributed by atoms with van der Waals surface area (Å²) in [4.78, 5) is 2.93. The van der Waals surface area contributed by atoms with Gasteiger partial charge in [0, 0.05) is 10.8 Å². The fourth-order valence-electron chi connectivity index (χ4n) is 3.08. The molecule has 1 N–H and O–H groups in total. The molecule has 0 fully saturated rings. The lowest BCUT2D eigenvalue weighted by Crippen LogP contribution is -2.50. The molecule has 0 saturated carbocycles. The number of aryl methyl sites for hydroxylation is 1. The van der Waals surface area contributed by atoms with Crippen molar-refractivity contribution in [3.05, 3.63) is 95.1 Å². The Kier molecular flexibility index (Phi) is 4.91. The summed E-state index contributed by atoms with van der Waals surface area (Å²) < 4.78 is 28.4. The molecule has 4 aromatic rings. The minimum absolute atomic E-state index is 0.217. The van der Waals surface area contributed by atoms with Crippen molar-refractivity contribution in [1.29, 1.82) is 0 Å². The standard InChI is InChI=1S/C22H18BrN2O2S/c1-16-11-13-19(14-12-16)28(26,27)24-25-15-18-9-5-6-10-20(18)21(23)22(25)17-7-3-2-4-8-17/h2-15,24H,1H3/q+1.